The molecular formula is C15H15BrN2O3S. The molecule has 1 aromatic heterocycles. The molecule has 1 heterocycles. The summed E-state index contributed by atoms with van der Waals surface area (Å²) < 4.78 is 6.22. The molecule has 0 amide bonds. The summed E-state index contributed by atoms with van der Waals surface area (Å²) in [4.78, 5) is 29.8. The molecule has 2 rings (SSSR count). The summed E-state index contributed by atoms with van der Waals surface area (Å²) in [5.41, 5.74) is -0.458. The number of halogens is 1. The molecule has 0 fully saturated rings. The molecule has 22 heavy (non-hydrogen) atoms. The van der Waals surface area contributed by atoms with Gasteiger partial charge in [0.15, 0.2) is 0 Å². The first kappa shape index (κ1) is 16.8. The van der Waals surface area contributed by atoms with Gasteiger partial charge in [-0.2, -0.15) is 0 Å². The second-order valence-electron chi connectivity index (χ2n) is 4.24. The fraction of sp³-hybridized carbons (Fsp3) is 0.200. The lowest BCUT2D eigenvalue weighted by atomic mass is 10.3. The molecule has 0 aliphatic heterocycles. The molecular weight excluding hydrogens is 368 g/mol. The Morgan fingerprint density at radius 2 is 2.05 bits per heavy atom. The Labute approximate surface area is 140 Å². The number of nitrogens with one attached hydrogen (secondary N) is 1. The van der Waals surface area contributed by atoms with Crippen LogP contribution in [0.2, 0.25) is 0 Å². The van der Waals surface area contributed by atoms with Crippen molar-refractivity contribution in [2.24, 2.45) is 0 Å². The van der Waals surface area contributed by atoms with E-state index >= 15 is 0 Å². The maximum absolute atomic E-state index is 12.5. The van der Waals surface area contributed by atoms with Crippen LogP contribution < -0.4 is 11.2 Å². The number of aromatic amines is 1. The molecule has 0 saturated carbocycles. The molecule has 0 aliphatic carbocycles. The van der Waals surface area contributed by atoms with E-state index in [1.165, 1.54) is 11.8 Å². The summed E-state index contributed by atoms with van der Waals surface area (Å²) in [7, 11) is 0. The van der Waals surface area contributed by atoms with E-state index in [0.29, 0.717) is 17.2 Å². The number of H-pyrrole nitrogens is 1. The Balaban J connectivity index is 2.50. The monoisotopic (exact) mass is 382 g/mol. The highest BCUT2D eigenvalue weighted by Crippen LogP contribution is 2.27. The van der Waals surface area contributed by atoms with Crippen LogP contribution in [0.5, 0.6) is 0 Å². The SMILES string of the molecule is CCOCn1c(=O)[nH]c(Sc2ccccc2)c(/C=C/Br)c1=O. The van der Waals surface area contributed by atoms with E-state index in [-0.39, 0.29) is 12.3 Å². The van der Waals surface area contributed by atoms with Crippen molar-refractivity contribution in [3.63, 3.8) is 0 Å². The van der Waals surface area contributed by atoms with E-state index in [2.05, 4.69) is 20.9 Å². The van der Waals surface area contributed by atoms with Gasteiger partial charge < -0.3 is 9.72 Å². The van der Waals surface area contributed by atoms with E-state index < -0.39 is 5.69 Å². The third-order valence-electron chi connectivity index (χ3n) is 2.80. The predicted molar refractivity (Wildman–Crippen MR) is 91.5 cm³/mol. The zero-order chi connectivity index (χ0) is 15.9. The lowest BCUT2D eigenvalue weighted by Gasteiger charge is -2.10. The van der Waals surface area contributed by atoms with Crippen molar-refractivity contribution in [2.45, 2.75) is 23.6 Å². The fourth-order valence-corrected chi connectivity index (χ4v) is 2.96. The van der Waals surface area contributed by atoms with E-state index in [1.54, 1.807) is 18.0 Å². The van der Waals surface area contributed by atoms with Crippen LogP contribution in [-0.2, 0) is 11.5 Å². The van der Waals surface area contributed by atoms with Gasteiger partial charge in [0.2, 0.25) is 0 Å². The van der Waals surface area contributed by atoms with Crippen LogP contribution in [0.1, 0.15) is 12.5 Å². The average Bonchev–Trinajstić information content (AvgIpc) is 2.52. The number of benzene rings is 1. The lowest BCUT2D eigenvalue weighted by Crippen LogP contribution is -2.37. The molecule has 5 nitrogen and oxygen atoms in total. The number of ether oxygens (including phenoxy) is 1. The minimum atomic E-state index is -0.483. The average molecular weight is 383 g/mol. The third kappa shape index (κ3) is 4.00. The van der Waals surface area contributed by atoms with Crippen molar-refractivity contribution in [2.75, 3.05) is 6.61 Å². The fourth-order valence-electron chi connectivity index (χ4n) is 1.76. The van der Waals surface area contributed by atoms with Gasteiger partial charge in [0, 0.05) is 11.5 Å². The molecule has 0 saturated heterocycles. The summed E-state index contributed by atoms with van der Waals surface area (Å²) in [5, 5.41) is 0.504. The normalized spacial score (nSPS) is 11.2. The largest absolute Gasteiger partial charge is 0.361 e. The molecule has 0 unspecified atom stereocenters. The van der Waals surface area contributed by atoms with E-state index in [1.807, 2.05) is 30.3 Å². The molecule has 1 N–H and O–H groups in total. The van der Waals surface area contributed by atoms with Crippen LogP contribution in [0.25, 0.3) is 6.08 Å². The van der Waals surface area contributed by atoms with Gasteiger partial charge in [-0.15, -0.1) is 0 Å². The molecule has 2 aromatic rings. The number of rotatable bonds is 6. The quantitative estimate of drug-likeness (QED) is 0.779. The zero-order valence-electron chi connectivity index (χ0n) is 11.9. The molecule has 7 heteroatoms. The van der Waals surface area contributed by atoms with Gasteiger partial charge in [-0.3, -0.25) is 4.79 Å². The van der Waals surface area contributed by atoms with Crippen LogP contribution in [0.3, 0.4) is 0 Å². The highest BCUT2D eigenvalue weighted by Gasteiger charge is 2.13. The van der Waals surface area contributed by atoms with Crippen LogP contribution >= 0.6 is 27.7 Å². The zero-order valence-corrected chi connectivity index (χ0v) is 14.3. The maximum atomic E-state index is 12.5. The first-order chi connectivity index (χ1) is 10.7. The standard InChI is InChI=1S/C15H15BrN2O3S/c1-2-21-10-18-14(19)12(8-9-16)13(17-15(18)20)22-11-6-4-3-5-7-11/h3-9H,2,10H2,1H3,(H,17,20)/b9-8+. The molecule has 0 atom stereocenters. The highest BCUT2D eigenvalue weighted by molar-refractivity contribution is 9.11. The van der Waals surface area contributed by atoms with Crippen molar-refractivity contribution >= 4 is 33.8 Å². The molecule has 116 valence electrons. The smallest absolute Gasteiger partial charge is 0.331 e. The molecule has 0 bridgehead atoms. The lowest BCUT2D eigenvalue weighted by molar-refractivity contribution is 0.0818. The highest BCUT2D eigenvalue weighted by atomic mass is 79.9. The number of hydrogen-bond donors (Lipinski definition) is 1. The maximum Gasteiger partial charge on any atom is 0.331 e. The van der Waals surface area contributed by atoms with Gasteiger partial charge >= 0.3 is 5.69 Å². The second-order valence-corrected chi connectivity index (χ2v) is 5.85. The Morgan fingerprint density at radius 3 is 2.68 bits per heavy atom. The summed E-state index contributed by atoms with van der Waals surface area (Å²) in [5.74, 6) is 0. The van der Waals surface area contributed by atoms with Crippen molar-refractivity contribution < 1.29 is 4.74 Å². The molecule has 0 aliphatic rings. The topological polar surface area (TPSA) is 64.1 Å². The first-order valence-corrected chi connectivity index (χ1v) is 8.35. The van der Waals surface area contributed by atoms with Gasteiger partial charge in [-0.1, -0.05) is 45.9 Å². The van der Waals surface area contributed by atoms with E-state index in [9.17, 15) is 9.59 Å². The van der Waals surface area contributed by atoms with Crippen molar-refractivity contribution in [3.8, 4) is 0 Å². The van der Waals surface area contributed by atoms with Gasteiger partial charge in [0.1, 0.15) is 6.73 Å². The third-order valence-corrected chi connectivity index (χ3v) is 4.10. The Hall–Kier alpha value is -1.57. The first-order valence-electron chi connectivity index (χ1n) is 6.62. The van der Waals surface area contributed by atoms with Crippen LogP contribution in [-0.4, -0.2) is 16.2 Å². The number of hydrogen-bond acceptors (Lipinski definition) is 4. The van der Waals surface area contributed by atoms with Crippen LogP contribution in [0.4, 0.5) is 0 Å². The van der Waals surface area contributed by atoms with E-state index in [0.717, 1.165) is 9.46 Å². The summed E-state index contributed by atoms with van der Waals surface area (Å²) in [6, 6.07) is 9.53. The second kappa shape index (κ2) is 8.17. The van der Waals surface area contributed by atoms with Crippen molar-refractivity contribution in [3.05, 3.63) is 61.7 Å². The van der Waals surface area contributed by atoms with Crippen molar-refractivity contribution in [1.82, 2.24) is 9.55 Å². The molecule has 0 radical (unpaired) electrons. The molecule has 0 spiro atoms. The number of aromatic nitrogens is 2. The van der Waals surface area contributed by atoms with Gasteiger partial charge in [-0.05, 0) is 30.1 Å². The minimum Gasteiger partial charge on any atom is -0.361 e. The Kier molecular flexibility index (Phi) is 6.23. The Bertz CT molecular complexity index is 769. The minimum absolute atomic E-state index is 0.0654. The Morgan fingerprint density at radius 1 is 1.32 bits per heavy atom. The van der Waals surface area contributed by atoms with Gasteiger partial charge in [0.05, 0.1) is 10.6 Å². The van der Waals surface area contributed by atoms with Crippen LogP contribution in [0.15, 0.2) is 54.8 Å². The predicted octanol–water partition coefficient (Wildman–Crippen LogP) is 3.05. The number of nitrogens with zero attached hydrogens (tertiary/aromatic N) is 1. The van der Waals surface area contributed by atoms with Gasteiger partial charge in [-0.25, -0.2) is 9.36 Å². The molecule has 1 aromatic carbocycles. The van der Waals surface area contributed by atoms with E-state index in [4.69, 9.17) is 4.74 Å². The summed E-state index contributed by atoms with van der Waals surface area (Å²) in [6.45, 7) is 2.16. The summed E-state index contributed by atoms with van der Waals surface area (Å²) in [6.07, 6.45) is 1.62. The van der Waals surface area contributed by atoms with Crippen LogP contribution in [0, 0.1) is 0 Å². The van der Waals surface area contributed by atoms with Crippen molar-refractivity contribution in [1.29, 1.82) is 0 Å². The summed E-state index contributed by atoms with van der Waals surface area (Å²) >= 11 is 4.51. The van der Waals surface area contributed by atoms with Gasteiger partial charge in [0.25, 0.3) is 5.56 Å².